The maximum Gasteiger partial charge on any atom is 0.336 e. The van der Waals surface area contributed by atoms with E-state index in [1.54, 1.807) is 6.07 Å². The van der Waals surface area contributed by atoms with Crippen molar-refractivity contribution >= 4 is 17.6 Å². The first-order valence-electron chi connectivity index (χ1n) is 3.62. The summed E-state index contributed by atoms with van der Waals surface area (Å²) in [5, 5.41) is 17.2. The predicted molar refractivity (Wildman–Crippen MR) is 47.6 cm³/mol. The second kappa shape index (κ2) is 4.07. The third kappa shape index (κ3) is 1.83. The molecule has 0 fully saturated rings. The Morgan fingerprint density at radius 3 is 2.71 bits per heavy atom. The molecule has 0 amide bonds. The van der Waals surface area contributed by atoms with Crippen LogP contribution in [0.25, 0.3) is 0 Å². The van der Waals surface area contributed by atoms with Crippen LogP contribution in [0.5, 0.6) is 0 Å². The minimum Gasteiger partial charge on any atom is -0.478 e. The highest BCUT2D eigenvalue weighted by Crippen LogP contribution is 2.17. The Hall–Kier alpha value is -1.60. The van der Waals surface area contributed by atoms with Crippen molar-refractivity contribution in [1.29, 1.82) is 5.26 Å². The SMILES string of the molecule is N#Cc1cc(C(=O)O)c(CCl)cc1F. The van der Waals surface area contributed by atoms with Crippen molar-refractivity contribution in [1.82, 2.24) is 0 Å². The van der Waals surface area contributed by atoms with Gasteiger partial charge in [0.2, 0.25) is 0 Å². The fraction of sp³-hybridized carbons (Fsp3) is 0.111. The van der Waals surface area contributed by atoms with E-state index >= 15 is 0 Å². The lowest BCUT2D eigenvalue weighted by molar-refractivity contribution is 0.0696. The van der Waals surface area contributed by atoms with E-state index in [-0.39, 0.29) is 22.6 Å². The number of carboxylic acid groups (broad SMARTS) is 1. The first-order chi connectivity index (χ1) is 6.60. The molecule has 0 aliphatic carbocycles. The Kier molecular flexibility index (Phi) is 3.05. The van der Waals surface area contributed by atoms with E-state index in [0.29, 0.717) is 0 Å². The Balaban J connectivity index is 3.42. The van der Waals surface area contributed by atoms with Gasteiger partial charge in [-0.3, -0.25) is 0 Å². The van der Waals surface area contributed by atoms with Gasteiger partial charge in [0.05, 0.1) is 11.1 Å². The van der Waals surface area contributed by atoms with Crippen molar-refractivity contribution in [3.05, 3.63) is 34.6 Å². The van der Waals surface area contributed by atoms with E-state index in [1.807, 2.05) is 0 Å². The van der Waals surface area contributed by atoms with Gasteiger partial charge in [-0.15, -0.1) is 11.6 Å². The van der Waals surface area contributed by atoms with Gasteiger partial charge in [0.15, 0.2) is 0 Å². The third-order valence-corrected chi connectivity index (χ3v) is 1.98. The van der Waals surface area contributed by atoms with Crippen molar-refractivity contribution in [2.75, 3.05) is 0 Å². The average Bonchev–Trinajstić information content (AvgIpc) is 2.16. The summed E-state index contributed by atoms with van der Waals surface area (Å²) in [6.07, 6.45) is 0. The molecular weight excluding hydrogens is 209 g/mol. The molecule has 0 aliphatic rings. The number of rotatable bonds is 2. The van der Waals surface area contributed by atoms with Gasteiger partial charge in [-0.25, -0.2) is 9.18 Å². The molecule has 72 valence electrons. The smallest absolute Gasteiger partial charge is 0.336 e. The third-order valence-electron chi connectivity index (χ3n) is 1.69. The molecule has 0 radical (unpaired) electrons. The van der Waals surface area contributed by atoms with Crippen LogP contribution in [0.1, 0.15) is 21.5 Å². The lowest BCUT2D eigenvalue weighted by Gasteiger charge is -2.03. The topological polar surface area (TPSA) is 61.1 Å². The fourth-order valence-electron chi connectivity index (χ4n) is 1.01. The van der Waals surface area contributed by atoms with Crippen LogP contribution >= 0.6 is 11.6 Å². The number of halogens is 2. The summed E-state index contributed by atoms with van der Waals surface area (Å²) in [6.45, 7) is 0. The number of nitrogens with zero attached hydrogens (tertiary/aromatic N) is 1. The Morgan fingerprint density at radius 1 is 1.64 bits per heavy atom. The predicted octanol–water partition coefficient (Wildman–Crippen LogP) is 2.13. The van der Waals surface area contributed by atoms with E-state index in [4.69, 9.17) is 22.0 Å². The van der Waals surface area contributed by atoms with E-state index in [1.165, 1.54) is 0 Å². The van der Waals surface area contributed by atoms with Crippen LogP contribution in [0.15, 0.2) is 12.1 Å². The molecule has 0 unspecified atom stereocenters. The van der Waals surface area contributed by atoms with Crippen molar-refractivity contribution in [3.63, 3.8) is 0 Å². The molecule has 0 saturated heterocycles. The molecule has 14 heavy (non-hydrogen) atoms. The normalized spacial score (nSPS) is 9.50. The first-order valence-corrected chi connectivity index (χ1v) is 4.15. The van der Waals surface area contributed by atoms with Gasteiger partial charge in [-0.1, -0.05) is 0 Å². The monoisotopic (exact) mass is 213 g/mol. The van der Waals surface area contributed by atoms with Crippen LogP contribution in [0.2, 0.25) is 0 Å². The lowest BCUT2D eigenvalue weighted by Crippen LogP contribution is -2.03. The largest absolute Gasteiger partial charge is 0.478 e. The second-order valence-corrected chi connectivity index (χ2v) is 2.81. The molecule has 3 nitrogen and oxygen atoms in total. The minimum absolute atomic E-state index is 0.107. The number of hydrogen-bond acceptors (Lipinski definition) is 2. The average molecular weight is 214 g/mol. The van der Waals surface area contributed by atoms with Gasteiger partial charge < -0.3 is 5.11 Å². The molecular formula is C9H5ClFNO2. The van der Waals surface area contributed by atoms with Crippen molar-refractivity contribution < 1.29 is 14.3 Å². The molecule has 1 aromatic rings. The number of hydrogen-bond donors (Lipinski definition) is 1. The molecule has 0 heterocycles. The van der Waals surface area contributed by atoms with Gasteiger partial charge in [-0.2, -0.15) is 5.26 Å². The lowest BCUT2D eigenvalue weighted by atomic mass is 10.1. The summed E-state index contributed by atoms with van der Waals surface area (Å²) in [5.41, 5.74) is -0.273. The highest BCUT2D eigenvalue weighted by atomic mass is 35.5. The standard InChI is InChI=1S/C9H5ClFNO2/c10-3-5-2-8(11)6(4-12)1-7(5)9(13)14/h1-2H,3H2,(H,13,14). The fourth-order valence-corrected chi connectivity index (χ4v) is 1.23. The van der Waals surface area contributed by atoms with Gasteiger partial charge in [0, 0.05) is 5.88 Å². The van der Waals surface area contributed by atoms with Gasteiger partial charge in [0.25, 0.3) is 0 Å². The molecule has 0 aliphatic heterocycles. The van der Waals surface area contributed by atoms with Crippen LogP contribution in [0, 0.1) is 17.1 Å². The molecule has 0 atom stereocenters. The summed E-state index contributed by atoms with van der Waals surface area (Å²) in [6, 6.07) is 3.51. The summed E-state index contributed by atoms with van der Waals surface area (Å²) < 4.78 is 13.0. The zero-order valence-electron chi connectivity index (χ0n) is 6.92. The Bertz CT molecular complexity index is 426. The van der Waals surface area contributed by atoms with Gasteiger partial charge in [-0.05, 0) is 17.7 Å². The Labute approximate surface area is 84.3 Å². The van der Waals surface area contributed by atoms with Crippen LogP contribution in [0.4, 0.5) is 4.39 Å². The summed E-state index contributed by atoms with van der Waals surface area (Å²) in [7, 11) is 0. The molecule has 0 spiro atoms. The van der Waals surface area contributed by atoms with Crippen LogP contribution in [-0.2, 0) is 5.88 Å². The zero-order valence-corrected chi connectivity index (χ0v) is 7.68. The number of carboxylic acids is 1. The maximum atomic E-state index is 13.0. The van der Waals surface area contributed by atoms with Crippen LogP contribution in [-0.4, -0.2) is 11.1 Å². The maximum absolute atomic E-state index is 13.0. The second-order valence-electron chi connectivity index (χ2n) is 2.54. The quantitative estimate of drug-likeness (QED) is 0.766. The number of nitriles is 1. The molecule has 1 rings (SSSR count). The highest BCUT2D eigenvalue weighted by Gasteiger charge is 2.13. The Morgan fingerprint density at radius 2 is 2.29 bits per heavy atom. The number of carbonyl (C=O) groups is 1. The molecule has 0 bridgehead atoms. The van der Waals surface area contributed by atoms with E-state index < -0.39 is 11.8 Å². The zero-order chi connectivity index (χ0) is 10.7. The number of alkyl halides is 1. The number of aromatic carboxylic acids is 1. The van der Waals surface area contributed by atoms with E-state index in [2.05, 4.69) is 0 Å². The molecule has 1 N–H and O–H groups in total. The molecule has 1 aromatic carbocycles. The first kappa shape index (κ1) is 10.5. The summed E-state index contributed by atoms with van der Waals surface area (Å²) in [4.78, 5) is 10.7. The number of benzene rings is 1. The van der Waals surface area contributed by atoms with Gasteiger partial charge >= 0.3 is 5.97 Å². The van der Waals surface area contributed by atoms with E-state index in [9.17, 15) is 9.18 Å². The summed E-state index contributed by atoms with van der Waals surface area (Å²) in [5.74, 6) is -2.09. The van der Waals surface area contributed by atoms with Crippen molar-refractivity contribution in [2.45, 2.75) is 5.88 Å². The molecule has 0 aromatic heterocycles. The molecule has 5 heteroatoms. The van der Waals surface area contributed by atoms with E-state index in [0.717, 1.165) is 12.1 Å². The van der Waals surface area contributed by atoms with Crippen molar-refractivity contribution in [3.8, 4) is 6.07 Å². The highest BCUT2D eigenvalue weighted by molar-refractivity contribution is 6.17. The van der Waals surface area contributed by atoms with Crippen molar-refractivity contribution in [2.24, 2.45) is 0 Å². The van der Waals surface area contributed by atoms with Crippen LogP contribution in [0.3, 0.4) is 0 Å². The molecule has 0 saturated carbocycles. The van der Waals surface area contributed by atoms with Gasteiger partial charge in [0.1, 0.15) is 11.9 Å². The summed E-state index contributed by atoms with van der Waals surface area (Å²) >= 11 is 5.43. The van der Waals surface area contributed by atoms with Crippen LogP contribution < -0.4 is 0 Å². The minimum atomic E-state index is -1.22.